The third-order valence-corrected chi connectivity index (χ3v) is 6.88. The number of aliphatic hydroxyl groups excluding tert-OH is 1. The maximum absolute atomic E-state index is 10.3. The largest absolute Gasteiger partial charge is 0.396 e. The van der Waals surface area contributed by atoms with E-state index in [0.717, 1.165) is 0 Å². The third-order valence-electron chi connectivity index (χ3n) is 6.88. The molecule has 0 aromatic rings. The minimum atomic E-state index is -0.196. The molecule has 0 heterocycles. The lowest BCUT2D eigenvalue weighted by Gasteiger charge is -2.41. The van der Waals surface area contributed by atoms with Gasteiger partial charge in [-0.2, -0.15) is 0 Å². The van der Waals surface area contributed by atoms with E-state index >= 15 is 0 Å². The van der Waals surface area contributed by atoms with E-state index in [1.54, 1.807) is 7.11 Å². The monoisotopic (exact) mass is 368 g/mol. The standard InChI is InChI=1S/C23H44O3/c1-25-19-23(18-24,21-14-10-9-11-15-21)20-26-22-16-12-7-5-3-2-4-6-8-13-17-22/h21-22,24H,2-20H2,1H3. The van der Waals surface area contributed by atoms with Crippen LogP contribution in [-0.2, 0) is 9.47 Å². The first-order chi connectivity index (χ1) is 12.8. The van der Waals surface area contributed by atoms with Gasteiger partial charge in [0.25, 0.3) is 0 Å². The highest BCUT2D eigenvalue weighted by Crippen LogP contribution is 2.39. The van der Waals surface area contributed by atoms with Crippen LogP contribution in [0.3, 0.4) is 0 Å². The molecule has 26 heavy (non-hydrogen) atoms. The zero-order chi connectivity index (χ0) is 18.5. The smallest absolute Gasteiger partial charge is 0.0575 e. The third kappa shape index (κ3) is 7.48. The number of methoxy groups -OCH3 is 1. The normalized spacial score (nSPS) is 25.2. The summed E-state index contributed by atoms with van der Waals surface area (Å²) in [4.78, 5) is 0. The fourth-order valence-electron chi connectivity index (χ4n) is 5.08. The van der Waals surface area contributed by atoms with Gasteiger partial charge in [-0.15, -0.1) is 0 Å². The summed E-state index contributed by atoms with van der Waals surface area (Å²) in [5.41, 5.74) is -0.196. The van der Waals surface area contributed by atoms with Gasteiger partial charge in [0.15, 0.2) is 0 Å². The molecule has 1 unspecified atom stereocenters. The fraction of sp³-hybridized carbons (Fsp3) is 1.00. The van der Waals surface area contributed by atoms with Crippen LogP contribution in [0.15, 0.2) is 0 Å². The molecule has 0 spiro atoms. The van der Waals surface area contributed by atoms with Crippen LogP contribution < -0.4 is 0 Å². The van der Waals surface area contributed by atoms with E-state index in [4.69, 9.17) is 9.47 Å². The van der Waals surface area contributed by atoms with Crippen LogP contribution in [-0.4, -0.2) is 38.1 Å². The van der Waals surface area contributed by atoms with Gasteiger partial charge >= 0.3 is 0 Å². The van der Waals surface area contributed by atoms with E-state index in [1.165, 1.54) is 103 Å². The summed E-state index contributed by atoms with van der Waals surface area (Å²) in [6.07, 6.45) is 21.5. The van der Waals surface area contributed by atoms with Gasteiger partial charge in [-0.1, -0.05) is 77.0 Å². The minimum absolute atomic E-state index is 0.193. The summed E-state index contributed by atoms with van der Waals surface area (Å²) >= 11 is 0. The molecule has 154 valence electrons. The molecule has 0 saturated heterocycles. The van der Waals surface area contributed by atoms with Gasteiger partial charge in [0, 0.05) is 12.5 Å². The Bertz CT molecular complexity index is 328. The van der Waals surface area contributed by atoms with Crippen molar-refractivity contribution in [2.45, 2.75) is 109 Å². The lowest BCUT2D eigenvalue weighted by Crippen LogP contribution is -2.44. The van der Waals surface area contributed by atoms with Gasteiger partial charge in [-0.05, 0) is 31.6 Å². The average molecular weight is 369 g/mol. The van der Waals surface area contributed by atoms with Gasteiger partial charge in [0.2, 0.25) is 0 Å². The molecule has 3 heteroatoms. The molecule has 2 rings (SSSR count). The topological polar surface area (TPSA) is 38.7 Å². The Morgan fingerprint density at radius 3 is 1.65 bits per heavy atom. The van der Waals surface area contributed by atoms with Crippen molar-refractivity contribution in [2.24, 2.45) is 11.3 Å². The zero-order valence-electron chi connectivity index (χ0n) is 17.4. The number of ether oxygens (including phenoxy) is 2. The summed E-state index contributed by atoms with van der Waals surface area (Å²) in [5.74, 6) is 0.549. The summed E-state index contributed by atoms with van der Waals surface area (Å²) in [6, 6.07) is 0. The molecule has 1 N–H and O–H groups in total. The van der Waals surface area contributed by atoms with Crippen molar-refractivity contribution in [3.05, 3.63) is 0 Å². The Balaban J connectivity index is 1.90. The molecule has 2 aliphatic rings. The molecule has 1 atom stereocenters. The molecule has 2 aliphatic carbocycles. The lowest BCUT2D eigenvalue weighted by molar-refractivity contribution is -0.104. The highest BCUT2D eigenvalue weighted by molar-refractivity contribution is 4.88. The quantitative estimate of drug-likeness (QED) is 0.609. The zero-order valence-corrected chi connectivity index (χ0v) is 17.4. The molecule has 0 aliphatic heterocycles. The van der Waals surface area contributed by atoms with E-state index < -0.39 is 0 Å². The van der Waals surface area contributed by atoms with Gasteiger partial charge in [0.05, 0.1) is 25.9 Å². The Kier molecular flexibility index (Phi) is 11.2. The highest BCUT2D eigenvalue weighted by atomic mass is 16.5. The summed E-state index contributed by atoms with van der Waals surface area (Å²) in [5, 5.41) is 10.3. The Labute approximate surface area is 162 Å². The van der Waals surface area contributed by atoms with Gasteiger partial charge < -0.3 is 14.6 Å². The number of hydrogen-bond donors (Lipinski definition) is 1. The molecule has 0 bridgehead atoms. The molecule has 0 aromatic heterocycles. The van der Waals surface area contributed by atoms with Crippen molar-refractivity contribution >= 4 is 0 Å². The highest BCUT2D eigenvalue weighted by Gasteiger charge is 2.40. The first kappa shape index (κ1) is 22.2. The van der Waals surface area contributed by atoms with E-state index in [2.05, 4.69) is 0 Å². The number of aliphatic hydroxyl groups is 1. The number of hydrogen-bond acceptors (Lipinski definition) is 3. The minimum Gasteiger partial charge on any atom is -0.396 e. The fourth-order valence-corrected chi connectivity index (χ4v) is 5.08. The van der Waals surface area contributed by atoms with E-state index in [9.17, 15) is 5.11 Å². The summed E-state index contributed by atoms with van der Waals surface area (Å²) < 4.78 is 12.1. The summed E-state index contributed by atoms with van der Waals surface area (Å²) in [7, 11) is 1.77. The first-order valence-corrected chi connectivity index (χ1v) is 11.5. The van der Waals surface area contributed by atoms with Crippen molar-refractivity contribution in [2.75, 3.05) is 26.9 Å². The van der Waals surface area contributed by atoms with Gasteiger partial charge in [-0.25, -0.2) is 0 Å². The molecule has 0 aromatic carbocycles. The second-order valence-corrected chi connectivity index (χ2v) is 8.98. The van der Waals surface area contributed by atoms with E-state index in [-0.39, 0.29) is 12.0 Å². The average Bonchev–Trinajstić information content (AvgIpc) is 2.67. The van der Waals surface area contributed by atoms with Crippen LogP contribution >= 0.6 is 0 Å². The SMILES string of the molecule is COCC(CO)(COC1CCCCCCCCCCC1)C1CCCCC1. The number of rotatable bonds is 7. The van der Waals surface area contributed by atoms with Crippen molar-refractivity contribution in [3.63, 3.8) is 0 Å². The molecule has 0 radical (unpaired) electrons. The Hall–Kier alpha value is -0.120. The van der Waals surface area contributed by atoms with E-state index in [1.807, 2.05) is 0 Å². The van der Waals surface area contributed by atoms with Crippen molar-refractivity contribution in [3.8, 4) is 0 Å². The second-order valence-electron chi connectivity index (χ2n) is 8.98. The Morgan fingerprint density at radius 2 is 1.15 bits per heavy atom. The van der Waals surface area contributed by atoms with Gasteiger partial charge in [-0.3, -0.25) is 0 Å². The molecule has 2 fully saturated rings. The van der Waals surface area contributed by atoms with Crippen molar-refractivity contribution in [1.82, 2.24) is 0 Å². The van der Waals surface area contributed by atoms with Crippen molar-refractivity contribution < 1.29 is 14.6 Å². The Morgan fingerprint density at radius 1 is 0.692 bits per heavy atom. The predicted octanol–water partition coefficient (Wildman–Crippen LogP) is 5.88. The second kappa shape index (κ2) is 13.1. The van der Waals surface area contributed by atoms with Gasteiger partial charge in [0.1, 0.15) is 0 Å². The summed E-state index contributed by atoms with van der Waals surface area (Å²) in [6.45, 7) is 1.49. The maximum Gasteiger partial charge on any atom is 0.0575 e. The van der Waals surface area contributed by atoms with E-state index in [0.29, 0.717) is 25.2 Å². The predicted molar refractivity (Wildman–Crippen MR) is 108 cm³/mol. The lowest BCUT2D eigenvalue weighted by atomic mass is 9.70. The van der Waals surface area contributed by atoms with Crippen LogP contribution in [0.25, 0.3) is 0 Å². The maximum atomic E-state index is 10.3. The molecule has 0 amide bonds. The molecule has 2 saturated carbocycles. The molecular formula is C23H44O3. The van der Waals surface area contributed by atoms with Crippen LogP contribution in [0, 0.1) is 11.3 Å². The molecule has 3 nitrogen and oxygen atoms in total. The van der Waals surface area contributed by atoms with Crippen LogP contribution in [0.4, 0.5) is 0 Å². The van der Waals surface area contributed by atoms with Crippen LogP contribution in [0.2, 0.25) is 0 Å². The molecular weight excluding hydrogens is 324 g/mol. The van der Waals surface area contributed by atoms with Crippen LogP contribution in [0.5, 0.6) is 0 Å². The van der Waals surface area contributed by atoms with Crippen LogP contribution in [0.1, 0.15) is 103 Å². The van der Waals surface area contributed by atoms with Crippen molar-refractivity contribution in [1.29, 1.82) is 0 Å². The first-order valence-electron chi connectivity index (χ1n) is 11.5.